The van der Waals surface area contributed by atoms with Gasteiger partial charge in [0, 0.05) is 32.6 Å². The van der Waals surface area contributed by atoms with Gasteiger partial charge in [0.25, 0.3) is 0 Å². The maximum Gasteiger partial charge on any atom is 0.244 e. The molecular weight excluding hydrogens is 443 g/mol. The summed E-state index contributed by atoms with van der Waals surface area (Å²) in [6.07, 6.45) is 2.26. The van der Waals surface area contributed by atoms with E-state index >= 15 is 0 Å². The fraction of sp³-hybridized carbons (Fsp3) is 0.476. The highest BCUT2D eigenvalue weighted by Gasteiger charge is 2.24. The molecule has 0 radical (unpaired) electrons. The van der Waals surface area contributed by atoms with Crippen molar-refractivity contribution < 1.29 is 17.9 Å². The average Bonchev–Trinajstić information content (AvgIpc) is 2.98. The first-order valence-corrected chi connectivity index (χ1v) is 11.9. The van der Waals surface area contributed by atoms with Crippen LogP contribution in [0.15, 0.2) is 35.0 Å². The third-order valence-corrected chi connectivity index (χ3v) is 7.13. The molecule has 0 saturated carbocycles. The SMILES string of the molecule is CCCc1nn(C/C(F)=C/CN)c(C(C)O)c1Cc1ccc(S(=O)(=O)N(C)C)c(Cl)c1. The lowest BCUT2D eigenvalue weighted by Crippen LogP contribution is -2.22. The summed E-state index contributed by atoms with van der Waals surface area (Å²) >= 11 is 6.29. The van der Waals surface area contributed by atoms with E-state index in [4.69, 9.17) is 17.3 Å². The molecule has 0 amide bonds. The Morgan fingerprint density at radius 2 is 2.10 bits per heavy atom. The predicted octanol–water partition coefficient (Wildman–Crippen LogP) is 3.20. The van der Waals surface area contributed by atoms with Crippen LogP contribution in [0.3, 0.4) is 0 Å². The zero-order chi connectivity index (χ0) is 23.3. The molecule has 1 aromatic carbocycles. The van der Waals surface area contributed by atoms with E-state index in [0.717, 1.165) is 27.5 Å². The maximum absolute atomic E-state index is 14.1. The van der Waals surface area contributed by atoms with Gasteiger partial charge in [-0.3, -0.25) is 4.68 Å². The molecule has 172 valence electrons. The first-order chi connectivity index (χ1) is 14.5. The van der Waals surface area contributed by atoms with Gasteiger partial charge in [0.1, 0.15) is 10.7 Å². The van der Waals surface area contributed by atoms with Crippen molar-refractivity contribution in [3.05, 3.63) is 57.6 Å². The van der Waals surface area contributed by atoms with Gasteiger partial charge < -0.3 is 10.8 Å². The van der Waals surface area contributed by atoms with Crippen LogP contribution < -0.4 is 5.73 Å². The molecule has 7 nitrogen and oxygen atoms in total. The van der Waals surface area contributed by atoms with Crippen molar-refractivity contribution in [3.8, 4) is 0 Å². The highest BCUT2D eigenvalue weighted by Crippen LogP contribution is 2.29. The average molecular weight is 473 g/mol. The van der Waals surface area contributed by atoms with Gasteiger partial charge >= 0.3 is 0 Å². The van der Waals surface area contributed by atoms with Crippen LogP contribution in [-0.2, 0) is 29.4 Å². The minimum atomic E-state index is -3.66. The molecule has 0 fully saturated rings. The van der Waals surface area contributed by atoms with E-state index in [1.807, 2.05) is 6.92 Å². The maximum atomic E-state index is 14.1. The second kappa shape index (κ2) is 10.7. The van der Waals surface area contributed by atoms with E-state index in [1.165, 1.54) is 30.9 Å². The molecule has 3 N–H and O–H groups in total. The van der Waals surface area contributed by atoms with Gasteiger partial charge in [-0.25, -0.2) is 17.1 Å². The minimum absolute atomic E-state index is 0.0251. The smallest absolute Gasteiger partial charge is 0.244 e. The fourth-order valence-corrected chi connectivity index (χ4v) is 4.82. The standard InChI is InChI=1S/C21H30ClFN4O3S/c1-5-6-19-17(21(14(2)28)27(25-19)13-16(23)9-10-24)11-15-7-8-20(18(22)12-15)31(29,30)26(3)4/h7-9,12,14,28H,5-6,10-11,13,24H2,1-4H3/b16-9-. The number of hydrogen-bond acceptors (Lipinski definition) is 5. The van der Waals surface area contributed by atoms with E-state index in [1.54, 1.807) is 19.1 Å². The Bertz CT molecular complexity index is 1050. The van der Waals surface area contributed by atoms with Crippen LogP contribution in [0.4, 0.5) is 4.39 Å². The van der Waals surface area contributed by atoms with E-state index in [9.17, 15) is 17.9 Å². The lowest BCUT2D eigenvalue weighted by molar-refractivity contribution is 0.186. The third-order valence-electron chi connectivity index (χ3n) is 4.84. The minimum Gasteiger partial charge on any atom is -0.387 e. The summed E-state index contributed by atoms with van der Waals surface area (Å²) in [7, 11) is -0.778. The fourth-order valence-electron chi connectivity index (χ4n) is 3.38. The van der Waals surface area contributed by atoms with Crippen LogP contribution in [0.5, 0.6) is 0 Å². The van der Waals surface area contributed by atoms with Crippen LogP contribution in [0, 0.1) is 0 Å². The third kappa shape index (κ3) is 5.93. The Kier molecular flexibility index (Phi) is 8.79. The van der Waals surface area contributed by atoms with Crippen LogP contribution in [0.2, 0.25) is 5.02 Å². The Morgan fingerprint density at radius 3 is 2.61 bits per heavy atom. The lowest BCUT2D eigenvalue weighted by atomic mass is 9.99. The van der Waals surface area contributed by atoms with Gasteiger partial charge in [0.05, 0.1) is 29.1 Å². The molecule has 0 aliphatic heterocycles. The predicted molar refractivity (Wildman–Crippen MR) is 120 cm³/mol. The quantitative estimate of drug-likeness (QED) is 0.553. The van der Waals surface area contributed by atoms with E-state index in [0.29, 0.717) is 18.5 Å². The molecule has 1 heterocycles. The molecule has 10 heteroatoms. The van der Waals surface area contributed by atoms with Gasteiger partial charge in [-0.2, -0.15) is 5.10 Å². The Hall–Kier alpha value is -1.78. The van der Waals surface area contributed by atoms with Gasteiger partial charge in [0.15, 0.2) is 0 Å². The number of aliphatic hydroxyl groups is 1. The van der Waals surface area contributed by atoms with Crippen LogP contribution >= 0.6 is 11.6 Å². The Morgan fingerprint density at radius 1 is 1.42 bits per heavy atom. The molecule has 1 atom stereocenters. The van der Waals surface area contributed by atoms with Crippen LogP contribution in [-0.4, -0.2) is 48.3 Å². The topological polar surface area (TPSA) is 101 Å². The van der Waals surface area contributed by atoms with E-state index in [-0.39, 0.29) is 23.0 Å². The highest BCUT2D eigenvalue weighted by molar-refractivity contribution is 7.89. The molecule has 0 bridgehead atoms. The molecular formula is C21H30ClFN4O3S. The summed E-state index contributed by atoms with van der Waals surface area (Å²) < 4.78 is 41.5. The first-order valence-electron chi connectivity index (χ1n) is 10.0. The van der Waals surface area contributed by atoms with Crippen molar-refractivity contribution in [2.75, 3.05) is 20.6 Å². The number of allylic oxidation sites excluding steroid dienone is 1. The van der Waals surface area contributed by atoms with Crippen molar-refractivity contribution in [3.63, 3.8) is 0 Å². The van der Waals surface area contributed by atoms with E-state index < -0.39 is 22.0 Å². The number of benzene rings is 1. The summed E-state index contributed by atoms with van der Waals surface area (Å²) in [5, 5.41) is 15.1. The molecule has 1 aromatic heterocycles. The van der Waals surface area contributed by atoms with Gasteiger partial charge in [-0.15, -0.1) is 0 Å². The number of nitrogens with two attached hydrogens (primary N) is 1. The van der Waals surface area contributed by atoms with Gasteiger partial charge in [0.2, 0.25) is 10.0 Å². The lowest BCUT2D eigenvalue weighted by Gasteiger charge is -2.15. The number of hydrogen-bond donors (Lipinski definition) is 2. The largest absolute Gasteiger partial charge is 0.387 e. The summed E-state index contributed by atoms with van der Waals surface area (Å²) in [4.78, 5) is 0.0251. The number of aryl methyl sites for hydroxylation is 1. The van der Waals surface area contributed by atoms with Crippen molar-refractivity contribution in [1.82, 2.24) is 14.1 Å². The second-order valence-corrected chi connectivity index (χ2v) is 10.0. The normalized spacial score (nSPS) is 13.8. The summed E-state index contributed by atoms with van der Waals surface area (Å²) in [5.74, 6) is -0.428. The second-order valence-electron chi connectivity index (χ2n) is 7.51. The highest BCUT2D eigenvalue weighted by atomic mass is 35.5. The Balaban J connectivity index is 2.51. The molecule has 0 aliphatic rings. The number of nitrogens with zero attached hydrogens (tertiary/aromatic N) is 3. The van der Waals surface area contributed by atoms with Crippen molar-refractivity contribution in [2.24, 2.45) is 5.73 Å². The molecule has 0 aliphatic carbocycles. The van der Waals surface area contributed by atoms with Gasteiger partial charge in [-0.1, -0.05) is 31.0 Å². The number of sulfonamides is 1. The summed E-state index contributed by atoms with van der Waals surface area (Å²) in [5.41, 5.74) is 8.22. The first kappa shape index (κ1) is 25.5. The monoisotopic (exact) mass is 472 g/mol. The molecule has 0 spiro atoms. The van der Waals surface area contributed by atoms with Crippen molar-refractivity contribution >= 4 is 21.6 Å². The molecule has 2 aromatic rings. The van der Waals surface area contributed by atoms with Crippen molar-refractivity contribution in [1.29, 1.82) is 0 Å². The number of halogens is 2. The zero-order valence-corrected chi connectivity index (χ0v) is 19.8. The summed E-state index contributed by atoms with van der Waals surface area (Å²) in [6.45, 7) is 3.58. The Labute approximate surface area is 188 Å². The van der Waals surface area contributed by atoms with Crippen molar-refractivity contribution in [2.45, 2.75) is 50.7 Å². The number of aromatic nitrogens is 2. The van der Waals surface area contributed by atoms with Gasteiger partial charge in [-0.05, 0) is 37.1 Å². The molecule has 0 saturated heterocycles. The molecule has 31 heavy (non-hydrogen) atoms. The van der Waals surface area contributed by atoms with Crippen LogP contribution in [0.25, 0.3) is 0 Å². The van der Waals surface area contributed by atoms with E-state index in [2.05, 4.69) is 5.10 Å². The molecule has 2 rings (SSSR count). The summed E-state index contributed by atoms with van der Waals surface area (Å²) in [6, 6.07) is 4.77. The number of rotatable bonds is 10. The molecule has 1 unspecified atom stereocenters. The number of aliphatic hydroxyl groups excluding tert-OH is 1. The van der Waals surface area contributed by atoms with Crippen LogP contribution in [0.1, 0.15) is 48.9 Å². The zero-order valence-electron chi connectivity index (χ0n) is 18.3.